The van der Waals surface area contributed by atoms with Gasteiger partial charge in [-0.1, -0.05) is 0 Å². The highest BCUT2D eigenvalue weighted by molar-refractivity contribution is 5.84. The van der Waals surface area contributed by atoms with Crippen LogP contribution in [0.5, 0.6) is 0 Å². The summed E-state index contributed by atoms with van der Waals surface area (Å²) in [6.07, 6.45) is 7.28. The van der Waals surface area contributed by atoms with E-state index in [0.29, 0.717) is 30.2 Å². The molecule has 5 heterocycles. The van der Waals surface area contributed by atoms with E-state index >= 15 is 0 Å². The van der Waals surface area contributed by atoms with Crippen molar-refractivity contribution < 1.29 is 9.18 Å². The molecule has 1 N–H and O–H groups in total. The number of fused-ring (bicyclic) bond motifs is 1. The van der Waals surface area contributed by atoms with Crippen LogP contribution >= 0.6 is 0 Å². The zero-order valence-electron chi connectivity index (χ0n) is 19.1. The van der Waals surface area contributed by atoms with Gasteiger partial charge in [-0.15, -0.1) is 0 Å². The van der Waals surface area contributed by atoms with Crippen LogP contribution in [0.1, 0.15) is 48.2 Å². The maximum atomic E-state index is 14.3. The van der Waals surface area contributed by atoms with E-state index in [1.165, 1.54) is 6.20 Å². The molecule has 0 saturated carbocycles. The molecule has 2 aliphatic heterocycles. The quantitative estimate of drug-likeness (QED) is 0.659. The van der Waals surface area contributed by atoms with Crippen molar-refractivity contribution >= 4 is 11.7 Å². The van der Waals surface area contributed by atoms with E-state index in [4.69, 9.17) is 4.98 Å². The van der Waals surface area contributed by atoms with E-state index in [1.807, 2.05) is 11.8 Å². The van der Waals surface area contributed by atoms with Crippen LogP contribution in [0.15, 0.2) is 36.8 Å². The van der Waals surface area contributed by atoms with Gasteiger partial charge in [0.1, 0.15) is 11.6 Å². The molecule has 7 nitrogen and oxygen atoms in total. The summed E-state index contributed by atoms with van der Waals surface area (Å²) in [5.74, 6) is 0.515. The van der Waals surface area contributed by atoms with Gasteiger partial charge in [-0.05, 0) is 63.8 Å². The van der Waals surface area contributed by atoms with Gasteiger partial charge < -0.3 is 10.2 Å². The summed E-state index contributed by atoms with van der Waals surface area (Å²) >= 11 is 0. The van der Waals surface area contributed by atoms with Crippen molar-refractivity contribution in [1.82, 2.24) is 24.8 Å². The Hall–Kier alpha value is -3.42. The molecule has 0 bridgehead atoms. The maximum Gasteiger partial charge on any atom is 0.230 e. The van der Waals surface area contributed by atoms with Crippen LogP contribution < -0.4 is 5.32 Å². The van der Waals surface area contributed by atoms with Gasteiger partial charge in [-0.25, -0.2) is 19.3 Å². The third-order valence-electron chi connectivity index (χ3n) is 6.88. The second kappa shape index (κ2) is 8.17. The SMILES string of the molecule is Cc1cc([C@H](C)C(=O)N2CC[C@@]3(CCc4cc(-c5ncccn5)c(C)nc4N3)C2)c(F)cn1. The van der Waals surface area contributed by atoms with E-state index in [2.05, 4.69) is 26.3 Å². The second-order valence-corrected chi connectivity index (χ2v) is 9.19. The monoisotopic (exact) mass is 446 g/mol. The summed E-state index contributed by atoms with van der Waals surface area (Å²) in [5, 5.41) is 3.65. The molecular formula is C25H27FN6O. The summed E-state index contributed by atoms with van der Waals surface area (Å²) in [5.41, 5.74) is 3.85. The van der Waals surface area contributed by atoms with Crippen LogP contribution in [0.2, 0.25) is 0 Å². The minimum absolute atomic E-state index is 0.0512. The fraction of sp³-hybridized carbons (Fsp3) is 0.400. The van der Waals surface area contributed by atoms with Crippen LogP contribution in [-0.2, 0) is 11.2 Å². The molecule has 0 radical (unpaired) electrons. The number of hydrogen-bond acceptors (Lipinski definition) is 6. The van der Waals surface area contributed by atoms with E-state index in [1.54, 1.807) is 38.4 Å². The largest absolute Gasteiger partial charge is 0.363 e. The first-order valence-electron chi connectivity index (χ1n) is 11.3. The van der Waals surface area contributed by atoms with E-state index in [-0.39, 0.29) is 11.4 Å². The first kappa shape index (κ1) is 21.4. The van der Waals surface area contributed by atoms with Gasteiger partial charge in [0.25, 0.3) is 0 Å². The number of aromatic nitrogens is 4. The lowest BCUT2D eigenvalue weighted by atomic mass is 9.86. The topological polar surface area (TPSA) is 83.9 Å². The molecule has 3 aromatic rings. The zero-order valence-corrected chi connectivity index (χ0v) is 19.1. The molecule has 1 saturated heterocycles. The molecule has 0 aromatic carbocycles. The molecule has 5 rings (SSSR count). The van der Waals surface area contributed by atoms with Gasteiger partial charge in [-0.2, -0.15) is 0 Å². The highest BCUT2D eigenvalue weighted by Gasteiger charge is 2.43. The molecule has 3 aromatic heterocycles. The highest BCUT2D eigenvalue weighted by Crippen LogP contribution is 2.38. The highest BCUT2D eigenvalue weighted by atomic mass is 19.1. The number of hydrogen-bond donors (Lipinski definition) is 1. The first-order valence-corrected chi connectivity index (χ1v) is 11.3. The van der Waals surface area contributed by atoms with E-state index < -0.39 is 11.7 Å². The molecule has 1 fully saturated rings. The molecule has 33 heavy (non-hydrogen) atoms. The lowest BCUT2D eigenvalue weighted by Gasteiger charge is -2.36. The second-order valence-electron chi connectivity index (χ2n) is 9.19. The molecule has 2 aliphatic rings. The first-order chi connectivity index (χ1) is 15.8. The lowest BCUT2D eigenvalue weighted by molar-refractivity contribution is -0.131. The zero-order chi connectivity index (χ0) is 23.2. The summed E-state index contributed by atoms with van der Waals surface area (Å²) in [7, 11) is 0. The van der Waals surface area contributed by atoms with Crippen LogP contribution in [0.4, 0.5) is 10.2 Å². The van der Waals surface area contributed by atoms with Crippen molar-refractivity contribution in [3.8, 4) is 11.4 Å². The number of carbonyl (C=O) groups excluding carboxylic acids is 1. The minimum atomic E-state index is -0.550. The predicted octanol–water partition coefficient (Wildman–Crippen LogP) is 3.82. The molecule has 170 valence electrons. The van der Waals surface area contributed by atoms with Crippen LogP contribution in [0.25, 0.3) is 11.4 Å². The number of pyridine rings is 2. The Kier molecular flexibility index (Phi) is 5.31. The average molecular weight is 447 g/mol. The minimum Gasteiger partial charge on any atom is -0.363 e. The Bertz CT molecular complexity index is 1220. The van der Waals surface area contributed by atoms with Gasteiger partial charge in [-0.3, -0.25) is 9.78 Å². The summed E-state index contributed by atoms with van der Waals surface area (Å²) in [6, 6.07) is 5.59. The number of halogens is 1. The normalized spacial score (nSPS) is 20.4. The summed E-state index contributed by atoms with van der Waals surface area (Å²) in [4.78, 5) is 32.6. The third-order valence-corrected chi connectivity index (χ3v) is 6.88. The number of amides is 1. The lowest BCUT2D eigenvalue weighted by Crippen LogP contribution is -2.46. The van der Waals surface area contributed by atoms with Gasteiger partial charge in [0.15, 0.2) is 5.82 Å². The van der Waals surface area contributed by atoms with Crippen molar-refractivity contribution in [2.75, 3.05) is 18.4 Å². The van der Waals surface area contributed by atoms with Gasteiger partial charge in [0.05, 0.1) is 23.3 Å². The molecular weight excluding hydrogens is 419 g/mol. The van der Waals surface area contributed by atoms with Crippen molar-refractivity contribution in [1.29, 1.82) is 0 Å². The molecule has 1 spiro atoms. The van der Waals surface area contributed by atoms with Gasteiger partial charge in [0.2, 0.25) is 5.91 Å². The van der Waals surface area contributed by atoms with Crippen LogP contribution in [-0.4, -0.2) is 49.4 Å². The number of likely N-dealkylation sites (tertiary alicyclic amines) is 1. The average Bonchev–Trinajstić information content (AvgIpc) is 3.23. The number of anilines is 1. The molecule has 2 atom stereocenters. The third kappa shape index (κ3) is 3.94. The van der Waals surface area contributed by atoms with Crippen molar-refractivity contribution in [2.45, 2.75) is 51.5 Å². The van der Waals surface area contributed by atoms with E-state index in [9.17, 15) is 9.18 Å². The van der Waals surface area contributed by atoms with Crippen molar-refractivity contribution in [2.24, 2.45) is 0 Å². The smallest absolute Gasteiger partial charge is 0.230 e. The Labute approximate surface area is 192 Å². The van der Waals surface area contributed by atoms with Gasteiger partial charge >= 0.3 is 0 Å². The number of carbonyl (C=O) groups is 1. The molecule has 1 amide bonds. The van der Waals surface area contributed by atoms with Crippen LogP contribution in [0, 0.1) is 19.7 Å². The number of rotatable bonds is 3. The fourth-order valence-electron chi connectivity index (χ4n) is 4.97. The Morgan fingerprint density at radius 2 is 1.97 bits per heavy atom. The summed E-state index contributed by atoms with van der Waals surface area (Å²) < 4.78 is 14.3. The molecule has 0 aliphatic carbocycles. The van der Waals surface area contributed by atoms with Gasteiger partial charge in [0, 0.05) is 42.3 Å². The van der Waals surface area contributed by atoms with Crippen LogP contribution in [0.3, 0.4) is 0 Å². The molecule has 0 unspecified atom stereocenters. The standard InChI is InChI=1S/C25H27FN6O/c1-15-11-19(21(26)13-29-15)16(2)24(33)32-10-7-25(14-32)6-5-18-12-20(17(3)30-22(18)31-25)23-27-8-4-9-28-23/h4,8-9,11-13,16H,5-7,10,14H2,1-3H3,(H,30,31)/t16-,25-/m0/s1. The fourth-order valence-corrected chi connectivity index (χ4v) is 4.97. The van der Waals surface area contributed by atoms with Crippen molar-refractivity contribution in [3.05, 3.63) is 65.1 Å². The number of nitrogens with one attached hydrogen (secondary N) is 1. The molecule has 8 heteroatoms. The van der Waals surface area contributed by atoms with E-state index in [0.717, 1.165) is 41.9 Å². The Morgan fingerprint density at radius 3 is 2.76 bits per heavy atom. The number of aryl methyl sites for hydroxylation is 3. The van der Waals surface area contributed by atoms with Crippen molar-refractivity contribution in [3.63, 3.8) is 0 Å². The maximum absolute atomic E-state index is 14.3. The number of nitrogens with zero attached hydrogens (tertiary/aromatic N) is 5. The summed E-state index contributed by atoms with van der Waals surface area (Å²) in [6.45, 7) is 6.77. The Balaban J connectivity index is 1.34. The predicted molar refractivity (Wildman–Crippen MR) is 123 cm³/mol. The Morgan fingerprint density at radius 1 is 1.18 bits per heavy atom.